The molecule has 9 atom stereocenters. The number of carbonyl (C=O) groups is 3. The Morgan fingerprint density at radius 1 is 1.21 bits per heavy atom. The fourth-order valence-electron chi connectivity index (χ4n) is 8.75. The Kier molecular flexibility index (Phi) is 9.49. The van der Waals surface area contributed by atoms with Crippen molar-refractivity contribution in [2.75, 3.05) is 6.61 Å². The highest BCUT2D eigenvalue weighted by atomic mass is 127. The smallest absolute Gasteiger partial charge is 0.311 e. The van der Waals surface area contributed by atoms with Crippen LogP contribution in [-0.2, 0) is 19.1 Å². The van der Waals surface area contributed by atoms with Crippen LogP contribution in [0.4, 0.5) is 8.78 Å². The second kappa shape index (κ2) is 12.4. The molecule has 0 bridgehead atoms. The number of phenolic OH excluding ortho intramolecular Hbond substituents is 1. The Bertz CT molecular complexity index is 1740. The Balaban J connectivity index is 0.000000288. The number of nitrogens with zero attached hydrogens (tertiary/aromatic N) is 1. The molecule has 12 heteroatoms. The third-order valence-corrected chi connectivity index (χ3v) is 12.5. The molecular weight excluding hydrogens is 759 g/mol. The fourth-order valence-corrected chi connectivity index (χ4v) is 9.76. The van der Waals surface area contributed by atoms with E-state index < -0.39 is 81.7 Å². The normalized spacial score (nSPS) is 37.0. The van der Waals surface area contributed by atoms with Crippen LogP contribution < -0.4 is 0 Å². The van der Waals surface area contributed by atoms with Gasteiger partial charge in [-0.2, -0.15) is 0 Å². The standard InChI is InChI=1S/C27H36F2O6.C9H5ClINO/c1-14-9-16-17-11-19(28)18-10-15(30)7-8-24(18,5)26(17,29)20(31)12-25(16,6)27(14,34)21(32)13-35-22(33)23(2,3)4;10-6-4-7(11)9(13)8-5(6)2-1-3-12-8/h7-8,10,14,16-17,19-20,31,34H,9,11-13H2,1-6H3;1-4,13H/t14-,16+,17+,19+,20+,24+,25+,26+,27+;/m1./s1. The molecule has 1 aromatic heterocycles. The monoisotopic (exact) mass is 799 g/mol. The van der Waals surface area contributed by atoms with Crippen LogP contribution in [0.25, 0.3) is 10.9 Å². The number of allylic oxidation sites excluding steroid dienone is 4. The lowest BCUT2D eigenvalue weighted by molar-refractivity contribution is -0.224. The number of hydrogen-bond donors (Lipinski definition) is 3. The average molecular weight is 800 g/mol. The second-order valence-electron chi connectivity index (χ2n) is 15.1. The minimum Gasteiger partial charge on any atom is -0.505 e. The number of aliphatic hydroxyl groups excluding tert-OH is 1. The molecule has 0 aliphatic heterocycles. The van der Waals surface area contributed by atoms with Gasteiger partial charge in [-0.15, -0.1) is 0 Å². The van der Waals surface area contributed by atoms with E-state index in [-0.39, 0.29) is 30.6 Å². The van der Waals surface area contributed by atoms with Crippen molar-refractivity contribution >= 4 is 62.6 Å². The van der Waals surface area contributed by atoms with Crippen LogP contribution in [-0.4, -0.2) is 68.0 Å². The number of aromatic hydroxyl groups is 1. The zero-order chi connectivity index (χ0) is 35.8. The Hall–Kier alpha value is -2.48. The molecule has 3 fully saturated rings. The number of ketones is 2. The number of Topliss-reactive ketones (excluding diaryl/α,β-unsaturated/α-hetero) is 1. The molecule has 0 spiro atoms. The molecule has 3 saturated carbocycles. The van der Waals surface area contributed by atoms with Crippen molar-refractivity contribution in [3.05, 3.63) is 56.8 Å². The summed E-state index contributed by atoms with van der Waals surface area (Å²) in [4.78, 5) is 41.6. The number of esters is 1. The molecule has 0 saturated heterocycles. The van der Waals surface area contributed by atoms with Crippen LogP contribution in [0.5, 0.6) is 5.75 Å². The van der Waals surface area contributed by atoms with Crippen LogP contribution in [0.1, 0.15) is 60.8 Å². The molecule has 260 valence electrons. The molecule has 0 amide bonds. The van der Waals surface area contributed by atoms with Gasteiger partial charge in [0.1, 0.15) is 17.3 Å². The SMILES string of the molecule is C[C@@H]1C[C@H]2[C@@H]3C[C@H](F)C4=CC(=O)C=C[C@]4(C)[C@@]3(F)[C@@H](O)C[C@]2(C)[C@@]1(O)C(=O)COC(=O)C(C)(C)C.Oc1c(I)cc(Cl)c2cccnc12. The van der Waals surface area contributed by atoms with Gasteiger partial charge in [-0.25, -0.2) is 8.78 Å². The van der Waals surface area contributed by atoms with Gasteiger partial charge in [0.2, 0.25) is 5.78 Å². The topological polar surface area (TPSA) is 134 Å². The fraction of sp³-hybridized carbons (Fsp3) is 0.556. The molecule has 3 N–H and O–H groups in total. The van der Waals surface area contributed by atoms with Crippen LogP contribution in [0, 0.1) is 37.6 Å². The molecule has 48 heavy (non-hydrogen) atoms. The number of ether oxygens (including phenoxy) is 1. The largest absolute Gasteiger partial charge is 0.505 e. The van der Waals surface area contributed by atoms with Crippen molar-refractivity contribution in [3.63, 3.8) is 0 Å². The number of phenols is 1. The number of carbonyl (C=O) groups excluding carboxylic acids is 3. The molecular formula is C36H41ClF2INO7. The summed E-state index contributed by atoms with van der Waals surface area (Å²) in [5, 5.41) is 34.2. The third kappa shape index (κ3) is 5.42. The summed E-state index contributed by atoms with van der Waals surface area (Å²) >= 11 is 8.00. The van der Waals surface area contributed by atoms with Crippen LogP contribution in [0.15, 0.2) is 48.2 Å². The maximum Gasteiger partial charge on any atom is 0.311 e. The summed E-state index contributed by atoms with van der Waals surface area (Å²) in [5.74, 6) is -3.75. The zero-order valence-corrected chi connectivity index (χ0v) is 30.6. The summed E-state index contributed by atoms with van der Waals surface area (Å²) < 4.78 is 38.5. The second-order valence-corrected chi connectivity index (χ2v) is 16.7. The number of hydrogen-bond acceptors (Lipinski definition) is 8. The minimum absolute atomic E-state index is 0.0258. The average Bonchev–Trinajstić information content (AvgIpc) is 3.22. The van der Waals surface area contributed by atoms with E-state index in [9.17, 15) is 29.7 Å². The molecule has 6 rings (SSSR count). The summed E-state index contributed by atoms with van der Waals surface area (Å²) in [6.45, 7) is 9.15. The van der Waals surface area contributed by atoms with Gasteiger partial charge in [0.25, 0.3) is 0 Å². The van der Waals surface area contributed by atoms with Gasteiger partial charge < -0.3 is 20.1 Å². The predicted octanol–water partition coefficient (Wildman–Crippen LogP) is 6.64. The molecule has 0 radical (unpaired) electrons. The lowest BCUT2D eigenvalue weighted by atomic mass is 9.44. The zero-order valence-electron chi connectivity index (χ0n) is 27.7. The third-order valence-electron chi connectivity index (χ3n) is 11.4. The molecule has 8 nitrogen and oxygen atoms in total. The summed E-state index contributed by atoms with van der Waals surface area (Å²) in [6.07, 6.45) is 1.88. The van der Waals surface area contributed by atoms with Gasteiger partial charge in [0.05, 0.1) is 20.1 Å². The number of fused-ring (bicyclic) bond motifs is 6. The van der Waals surface area contributed by atoms with E-state index in [1.54, 1.807) is 52.9 Å². The van der Waals surface area contributed by atoms with Crippen molar-refractivity contribution in [2.45, 2.75) is 84.4 Å². The van der Waals surface area contributed by atoms with Gasteiger partial charge >= 0.3 is 5.97 Å². The van der Waals surface area contributed by atoms with Crippen molar-refractivity contribution in [1.82, 2.24) is 4.98 Å². The highest BCUT2D eigenvalue weighted by molar-refractivity contribution is 14.1. The number of alkyl halides is 2. The van der Waals surface area contributed by atoms with Crippen molar-refractivity contribution in [2.24, 2.45) is 34.0 Å². The van der Waals surface area contributed by atoms with Crippen LogP contribution in [0.3, 0.4) is 0 Å². The molecule has 4 aliphatic rings. The predicted molar refractivity (Wildman–Crippen MR) is 185 cm³/mol. The molecule has 1 heterocycles. The van der Waals surface area contributed by atoms with Gasteiger partial charge in [0, 0.05) is 28.3 Å². The summed E-state index contributed by atoms with van der Waals surface area (Å²) in [5.41, 5.74) is -7.31. The highest BCUT2D eigenvalue weighted by Crippen LogP contribution is 2.71. The first-order valence-electron chi connectivity index (χ1n) is 16.0. The summed E-state index contributed by atoms with van der Waals surface area (Å²) in [6, 6.07) is 5.35. The Morgan fingerprint density at radius 2 is 1.88 bits per heavy atom. The quantitative estimate of drug-likeness (QED) is 0.233. The van der Waals surface area contributed by atoms with E-state index in [2.05, 4.69) is 4.98 Å². The molecule has 2 aromatic rings. The van der Waals surface area contributed by atoms with Crippen LogP contribution >= 0.6 is 34.2 Å². The number of aromatic nitrogens is 1. The minimum atomic E-state index is -2.28. The van der Waals surface area contributed by atoms with Crippen molar-refractivity contribution in [3.8, 4) is 5.75 Å². The van der Waals surface area contributed by atoms with E-state index >= 15 is 8.78 Å². The summed E-state index contributed by atoms with van der Waals surface area (Å²) in [7, 11) is 0. The van der Waals surface area contributed by atoms with E-state index in [1.165, 1.54) is 19.1 Å². The molecule has 1 aromatic carbocycles. The van der Waals surface area contributed by atoms with Gasteiger partial charge in [-0.1, -0.05) is 31.5 Å². The molecule has 4 aliphatic carbocycles. The van der Waals surface area contributed by atoms with Gasteiger partial charge in [-0.3, -0.25) is 19.4 Å². The Morgan fingerprint density at radius 3 is 2.52 bits per heavy atom. The number of aliphatic hydroxyl groups is 2. The highest BCUT2D eigenvalue weighted by Gasteiger charge is 2.76. The maximum atomic E-state index is 17.1. The van der Waals surface area contributed by atoms with Crippen molar-refractivity contribution < 1.29 is 43.2 Å². The first-order chi connectivity index (χ1) is 22.1. The lowest BCUT2D eigenvalue weighted by Gasteiger charge is -2.63. The maximum absolute atomic E-state index is 17.1. The van der Waals surface area contributed by atoms with Crippen molar-refractivity contribution in [1.29, 1.82) is 0 Å². The van der Waals surface area contributed by atoms with E-state index in [1.807, 2.05) is 28.7 Å². The van der Waals surface area contributed by atoms with E-state index in [0.717, 1.165) is 11.5 Å². The first kappa shape index (κ1) is 36.8. The number of benzene rings is 1. The van der Waals surface area contributed by atoms with E-state index in [0.29, 0.717) is 14.1 Å². The Labute approximate surface area is 297 Å². The molecule has 0 unspecified atom stereocenters. The lowest BCUT2D eigenvalue weighted by Crippen LogP contribution is -2.70. The number of halogens is 4. The number of pyridine rings is 1. The van der Waals surface area contributed by atoms with Crippen LogP contribution in [0.2, 0.25) is 5.02 Å². The first-order valence-corrected chi connectivity index (χ1v) is 17.4. The van der Waals surface area contributed by atoms with Gasteiger partial charge in [0.15, 0.2) is 23.8 Å². The van der Waals surface area contributed by atoms with Gasteiger partial charge in [-0.05, 0) is 117 Å². The number of rotatable bonds is 3. The van der Waals surface area contributed by atoms with E-state index in [4.69, 9.17) is 16.3 Å².